The van der Waals surface area contributed by atoms with Crippen LogP contribution < -0.4 is 15.5 Å². The van der Waals surface area contributed by atoms with E-state index in [0.29, 0.717) is 0 Å². The highest BCUT2D eigenvalue weighted by molar-refractivity contribution is 14.0. The van der Waals surface area contributed by atoms with Crippen molar-refractivity contribution in [2.24, 2.45) is 10.9 Å². The van der Waals surface area contributed by atoms with E-state index in [1.165, 1.54) is 38.5 Å². The summed E-state index contributed by atoms with van der Waals surface area (Å²) in [7, 11) is 1.85. The molecule has 1 aliphatic heterocycles. The monoisotopic (exact) mass is 501 g/mol. The van der Waals surface area contributed by atoms with Crippen LogP contribution in [0.2, 0.25) is 0 Å². The van der Waals surface area contributed by atoms with Gasteiger partial charge in [-0.25, -0.2) is 9.97 Å². The first-order valence-electron chi connectivity index (χ1n) is 10.5. The average Bonchev–Trinajstić information content (AvgIpc) is 3.24. The highest BCUT2D eigenvalue weighted by atomic mass is 127. The van der Waals surface area contributed by atoms with Crippen molar-refractivity contribution in [1.82, 2.24) is 25.5 Å². The van der Waals surface area contributed by atoms with E-state index in [9.17, 15) is 0 Å². The fraction of sp³-hybridized carbons (Fsp3) is 0.750. The molecule has 0 unspecified atom stereocenters. The zero-order valence-electron chi connectivity index (χ0n) is 17.1. The Morgan fingerprint density at radius 2 is 1.75 bits per heavy atom. The SMILES string of the molecule is CN=C(NCCCC1CCCC1)NCCN1CCN(c2ncccn2)CC1.I. The maximum absolute atomic E-state index is 4.34. The first-order chi connectivity index (χ1) is 13.3. The Balaban J connectivity index is 0.00000280. The number of halogens is 1. The van der Waals surface area contributed by atoms with Crippen LogP contribution in [0.15, 0.2) is 23.5 Å². The molecule has 2 N–H and O–H groups in total. The van der Waals surface area contributed by atoms with Gasteiger partial charge >= 0.3 is 0 Å². The first-order valence-corrected chi connectivity index (χ1v) is 10.5. The van der Waals surface area contributed by atoms with Crippen molar-refractivity contribution in [3.63, 3.8) is 0 Å². The Kier molecular flexibility index (Phi) is 10.8. The van der Waals surface area contributed by atoms with Gasteiger partial charge in [-0.05, 0) is 24.8 Å². The lowest BCUT2D eigenvalue weighted by atomic mass is 10.0. The number of hydrogen-bond acceptors (Lipinski definition) is 5. The predicted octanol–water partition coefficient (Wildman–Crippen LogP) is 2.35. The number of guanidine groups is 1. The molecule has 1 saturated heterocycles. The second kappa shape index (κ2) is 13.1. The van der Waals surface area contributed by atoms with Gasteiger partial charge in [-0.2, -0.15) is 0 Å². The van der Waals surface area contributed by atoms with Crippen LogP contribution in [0, 0.1) is 5.92 Å². The molecule has 2 aliphatic rings. The maximum atomic E-state index is 4.34. The summed E-state index contributed by atoms with van der Waals surface area (Å²) in [6, 6.07) is 1.86. The van der Waals surface area contributed by atoms with Crippen LogP contribution in [0.4, 0.5) is 5.95 Å². The Hall–Kier alpha value is -1.16. The molecule has 1 aromatic rings. The summed E-state index contributed by atoms with van der Waals surface area (Å²) in [5, 5.41) is 6.90. The van der Waals surface area contributed by atoms with Crippen molar-refractivity contribution >= 4 is 35.9 Å². The zero-order valence-corrected chi connectivity index (χ0v) is 19.5. The highest BCUT2D eigenvalue weighted by Crippen LogP contribution is 2.28. The van der Waals surface area contributed by atoms with Crippen molar-refractivity contribution in [2.75, 3.05) is 57.8 Å². The molecule has 0 atom stereocenters. The fourth-order valence-electron chi connectivity index (χ4n) is 4.08. The Bertz CT molecular complexity index is 555. The largest absolute Gasteiger partial charge is 0.356 e. The molecular weight excluding hydrogens is 465 g/mol. The molecule has 7 nitrogen and oxygen atoms in total. The topological polar surface area (TPSA) is 68.7 Å². The minimum Gasteiger partial charge on any atom is -0.356 e. The summed E-state index contributed by atoms with van der Waals surface area (Å²) in [6.07, 6.45) is 12.0. The van der Waals surface area contributed by atoms with Crippen LogP contribution in [0.5, 0.6) is 0 Å². The number of aliphatic imine (C=N–C) groups is 1. The fourth-order valence-corrected chi connectivity index (χ4v) is 4.08. The lowest BCUT2D eigenvalue weighted by Gasteiger charge is -2.34. The molecule has 2 heterocycles. The Morgan fingerprint density at radius 3 is 2.43 bits per heavy atom. The second-order valence-corrected chi connectivity index (χ2v) is 7.60. The minimum absolute atomic E-state index is 0. The molecule has 8 heteroatoms. The number of hydrogen-bond donors (Lipinski definition) is 2. The quantitative estimate of drug-likeness (QED) is 0.247. The van der Waals surface area contributed by atoms with E-state index in [4.69, 9.17) is 0 Å². The minimum atomic E-state index is 0. The molecule has 3 rings (SSSR count). The molecule has 0 aromatic carbocycles. The predicted molar refractivity (Wildman–Crippen MR) is 127 cm³/mol. The second-order valence-electron chi connectivity index (χ2n) is 7.60. The van der Waals surface area contributed by atoms with Crippen molar-refractivity contribution < 1.29 is 0 Å². The van der Waals surface area contributed by atoms with Crippen molar-refractivity contribution in [3.8, 4) is 0 Å². The molecule has 0 amide bonds. The van der Waals surface area contributed by atoms with Gasteiger partial charge in [-0.1, -0.05) is 25.7 Å². The van der Waals surface area contributed by atoms with E-state index in [-0.39, 0.29) is 24.0 Å². The van der Waals surface area contributed by atoms with E-state index >= 15 is 0 Å². The molecule has 1 saturated carbocycles. The summed E-state index contributed by atoms with van der Waals surface area (Å²) >= 11 is 0. The molecule has 28 heavy (non-hydrogen) atoms. The van der Waals surface area contributed by atoms with Crippen molar-refractivity contribution in [3.05, 3.63) is 18.5 Å². The van der Waals surface area contributed by atoms with E-state index in [0.717, 1.165) is 63.6 Å². The Labute approximate surface area is 186 Å². The summed E-state index contributed by atoms with van der Waals surface area (Å²) in [5.41, 5.74) is 0. The standard InChI is InChI=1S/C20H35N7.HI/c1-21-19(22-9-4-8-18-6-2-3-7-18)23-12-13-26-14-16-27(17-15-26)20-24-10-5-11-25-20;/h5,10-11,18H,2-4,6-9,12-17H2,1H3,(H2,21,22,23);1H. The number of anilines is 1. The maximum Gasteiger partial charge on any atom is 0.225 e. The number of rotatable bonds is 8. The van der Waals surface area contributed by atoms with Crippen LogP contribution >= 0.6 is 24.0 Å². The van der Waals surface area contributed by atoms with E-state index in [1.54, 1.807) is 0 Å². The zero-order chi connectivity index (χ0) is 18.7. The molecule has 158 valence electrons. The van der Waals surface area contributed by atoms with Gasteiger partial charge in [0.15, 0.2) is 5.96 Å². The van der Waals surface area contributed by atoms with Gasteiger partial charge in [0, 0.05) is 65.3 Å². The van der Waals surface area contributed by atoms with E-state index in [2.05, 4.69) is 35.4 Å². The van der Waals surface area contributed by atoms with Gasteiger partial charge in [0.05, 0.1) is 0 Å². The summed E-state index contributed by atoms with van der Waals surface area (Å²) in [5.74, 6) is 2.75. The summed E-state index contributed by atoms with van der Waals surface area (Å²) in [6.45, 7) is 7.04. The number of nitrogens with zero attached hydrogens (tertiary/aromatic N) is 5. The smallest absolute Gasteiger partial charge is 0.225 e. The summed E-state index contributed by atoms with van der Waals surface area (Å²) in [4.78, 5) is 17.8. The molecule has 0 bridgehead atoms. The third kappa shape index (κ3) is 7.69. The van der Waals surface area contributed by atoms with Crippen molar-refractivity contribution in [1.29, 1.82) is 0 Å². The normalized spacial score (nSPS) is 18.8. The molecule has 0 spiro atoms. The lowest BCUT2D eigenvalue weighted by Crippen LogP contribution is -2.49. The molecule has 1 aliphatic carbocycles. The third-order valence-electron chi connectivity index (χ3n) is 5.71. The number of aromatic nitrogens is 2. The van der Waals surface area contributed by atoms with Gasteiger partial charge in [0.25, 0.3) is 0 Å². The van der Waals surface area contributed by atoms with Gasteiger partial charge in [-0.15, -0.1) is 24.0 Å². The number of piperazine rings is 1. The van der Waals surface area contributed by atoms with Crippen LogP contribution in [0.3, 0.4) is 0 Å². The first kappa shape index (κ1) is 23.1. The summed E-state index contributed by atoms with van der Waals surface area (Å²) < 4.78 is 0. The van der Waals surface area contributed by atoms with Gasteiger partial charge < -0.3 is 15.5 Å². The van der Waals surface area contributed by atoms with Crippen molar-refractivity contribution in [2.45, 2.75) is 38.5 Å². The van der Waals surface area contributed by atoms with E-state index in [1.807, 2.05) is 25.5 Å². The molecule has 2 fully saturated rings. The van der Waals surface area contributed by atoms with Gasteiger partial charge in [-0.3, -0.25) is 9.89 Å². The van der Waals surface area contributed by atoms with Crippen LogP contribution in [-0.2, 0) is 0 Å². The third-order valence-corrected chi connectivity index (χ3v) is 5.71. The van der Waals surface area contributed by atoms with Crippen LogP contribution in [0.1, 0.15) is 38.5 Å². The Morgan fingerprint density at radius 1 is 1.07 bits per heavy atom. The molecular formula is C20H36IN7. The molecule has 1 aromatic heterocycles. The van der Waals surface area contributed by atoms with Gasteiger partial charge in [0.2, 0.25) is 5.95 Å². The average molecular weight is 501 g/mol. The van der Waals surface area contributed by atoms with Crippen LogP contribution in [0.25, 0.3) is 0 Å². The van der Waals surface area contributed by atoms with Gasteiger partial charge in [0.1, 0.15) is 0 Å². The molecule has 0 radical (unpaired) electrons. The number of nitrogens with one attached hydrogen (secondary N) is 2. The van der Waals surface area contributed by atoms with E-state index < -0.39 is 0 Å². The van der Waals surface area contributed by atoms with Crippen LogP contribution in [-0.4, -0.2) is 73.7 Å². The highest BCUT2D eigenvalue weighted by Gasteiger charge is 2.18. The lowest BCUT2D eigenvalue weighted by molar-refractivity contribution is 0.260.